The summed E-state index contributed by atoms with van der Waals surface area (Å²) in [4.78, 5) is 9.42. The van der Waals surface area contributed by atoms with Crippen molar-refractivity contribution >= 4 is 29.0 Å². The summed E-state index contributed by atoms with van der Waals surface area (Å²) in [6.45, 7) is 5.49. The number of rotatable bonds is 3. The van der Waals surface area contributed by atoms with Crippen molar-refractivity contribution < 1.29 is 0 Å². The second kappa shape index (κ2) is 6.78. The lowest BCUT2D eigenvalue weighted by Gasteiger charge is -2.31. The highest BCUT2D eigenvalue weighted by Gasteiger charge is 2.23. The van der Waals surface area contributed by atoms with Crippen LogP contribution in [0, 0.1) is 0 Å². The van der Waals surface area contributed by atoms with E-state index in [1.54, 1.807) is 0 Å². The van der Waals surface area contributed by atoms with Gasteiger partial charge in [-0.3, -0.25) is 0 Å². The Bertz CT molecular complexity index is 425. The van der Waals surface area contributed by atoms with E-state index in [1.807, 2.05) is 12.1 Å². The molecule has 3 nitrogen and oxygen atoms in total. The first kappa shape index (κ1) is 14.9. The summed E-state index contributed by atoms with van der Waals surface area (Å²) in [5.41, 5.74) is 0.772. The first-order valence-electron chi connectivity index (χ1n) is 6.82. The Labute approximate surface area is 125 Å². The second-order valence-corrected chi connectivity index (χ2v) is 5.78. The summed E-state index contributed by atoms with van der Waals surface area (Å²) in [6, 6.07) is 4.42. The largest absolute Gasteiger partial charge is 0.352 e. The van der Waals surface area contributed by atoms with Crippen LogP contribution in [0.15, 0.2) is 12.1 Å². The van der Waals surface area contributed by atoms with Gasteiger partial charge in [0.05, 0.1) is 16.6 Å². The summed E-state index contributed by atoms with van der Waals surface area (Å²) in [5.74, 6) is 1.36. The zero-order valence-corrected chi connectivity index (χ0v) is 13.1. The molecule has 106 valence electrons. The summed E-state index contributed by atoms with van der Waals surface area (Å²) in [7, 11) is 2.19. The predicted molar refractivity (Wildman–Crippen MR) is 82.3 cm³/mol. The number of likely N-dealkylation sites (N-methyl/N-ethyl adjacent to an activating group) is 1. The van der Waals surface area contributed by atoms with Crippen molar-refractivity contribution in [3.63, 3.8) is 0 Å². The summed E-state index contributed by atoms with van der Waals surface area (Å²) in [6.07, 6.45) is 2.28. The minimum atomic E-state index is 0.358. The van der Waals surface area contributed by atoms with E-state index in [9.17, 15) is 0 Å². The standard InChI is InChI=1S/C14H21Cl2N3/c1-3-11-10-18(2)7-4-8-19(11)14-6-5-12(16)13(9-15)17-14/h5-6,11H,3-4,7-10H2,1-2H3. The predicted octanol–water partition coefficient (Wildman–Crippen LogP) is 3.39. The maximum Gasteiger partial charge on any atom is 0.129 e. The Kier molecular flexibility index (Phi) is 5.31. The maximum absolute atomic E-state index is 6.09. The maximum atomic E-state index is 6.09. The third kappa shape index (κ3) is 3.53. The highest BCUT2D eigenvalue weighted by molar-refractivity contribution is 6.32. The van der Waals surface area contributed by atoms with E-state index in [4.69, 9.17) is 23.2 Å². The van der Waals surface area contributed by atoms with Gasteiger partial charge in [0.15, 0.2) is 0 Å². The number of pyridine rings is 1. The molecule has 0 aromatic carbocycles. The lowest BCUT2D eigenvalue weighted by Crippen LogP contribution is -2.40. The average molecular weight is 302 g/mol. The number of alkyl halides is 1. The van der Waals surface area contributed by atoms with Crippen LogP contribution >= 0.6 is 23.2 Å². The molecule has 1 aliphatic heterocycles. The van der Waals surface area contributed by atoms with E-state index < -0.39 is 0 Å². The number of hydrogen-bond donors (Lipinski definition) is 0. The van der Waals surface area contributed by atoms with Gasteiger partial charge in [-0.05, 0) is 38.6 Å². The molecule has 2 heterocycles. The van der Waals surface area contributed by atoms with Crippen LogP contribution in [0.1, 0.15) is 25.5 Å². The number of halogens is 2. The SMILES string of the molecule is CCC1CN(C)CCCN1c1ccc(Cl)c(CCl)n1. The van der Waals surface area contributed by atoms with Crippen LogP contribution in [-0.2, 0) is 5.88 Å². The molecule has 0 spiro atoms. The van der Waals surface area contributed by atoms with Crippen LogP contribution in [0.3, 0.4) is 0 Å². The van der Waals surface area contributed by atoms with Gasteiger partial charge in [-0.25, -0.2) is 4.98 Å². The van der Waals surface area contributed by atoms with Crippen molar-refractivity contribution in [1.82, 2.24) is 9.88 Å². The van der Waals surface area contributed by atoms with Gasteiger partial charge in [0.25, 0.3) is 0 Å². The number of nitrogens with zero attached hydrogens (tertiary/aromatic N) is 3. The molecular formula is C14H21Cl2N3. The molecule has 0 radical (unpaired) electrons. The Morgan fingerprint density at radius 2 is 2.16 bits per heavy atom. The van der Waals surface area contributed by atoms with Crippen LogP contribution in [0.25, 0.3) is 0 Å². The topological polar surface area (TPSA) is 19.4 Å². The van der Waals surface area contributed by atoms with Crippen LogP contribution in [0.5, 0.6) is 0 Å². The Morgan fingerprint density at radius 3 is 2.84 bits per heavy atom. The normalized spacial score (nSPS) is 21.5. The van der Waals surface area contributed by atoms with Gasteiger partial charge in [-0.1, -0.05) is 18.5 Å². The van der Waals surface area contributed by atoms with E-state index in [2.05, 4.69) is 28.8 Å². The number of aromatic nitrogens is 1. The monoisotopic (exact) mass is 301 g/mol. The van der Waals surface area contributed by atoms with Gasteiger partial charge in [0.1, 0.15) is 5.82 Å². The Balaban J connectivity index is 2.27. The van der Waals surface area contributed by atoms with Crippen molar-refractivity contribution in [2.45, 2.75) is 31.7 Å². The molecule has 1 aromatic heterocycles. The lowest BCUT2D eigenvalue weighted by atomic mass is 10.2. The van der Waals surface area contributed by atoms with Gasteiger partial charge in [-0.15, -0.1) is 11.6 Å². The molecule has 2 rings (SSSR count). The van der Waals surface area contributed by atoms with E-state index in [0.717, 1.165) is 44.0 Å². The molecule has 0 amide bonds. The van der Waals surface area contributed by atoms with Crippen LogP contribution in [-0.4, -0.2) is 42.6 Å². The Morgan fingerprint density at radius 1 is 1.37 bits per heavy atom. The molecule has 1 unspecified atom stereocenters. The summed E-state index contributed by atoms with van der Waals surface area (Å²) < 4.78 is 0. The fourth-order valence-electron chi connectivity index (χ4n) is 2.62. The zero-order valence-electron chi connectivity index (χ0n) is 11.6. The van der Waals surface area contributed by atoms with Crippen molar-refractivity contribution in [3.8, 4) is 0 Å². The van der Waals surface area contributed by atoms with Gasteiger partial charge >= 0.3 is 0 Å². The molecule has 0 N–H and O–H groups in total. The number of hydrogen-bond acceptors (Lipinski definition) is 3. The second-order valence-electron chi connectivity index (χ2n) is 5.10. The van der Waals surface area contributed by atoms with Crippen LogP contribution in [0.2, 0.25) is 5.02 Å². The first-order chi connectivity index (χ1) is 9.15. The fraction of sp³-hybridized carbons (Fsp3) is 0.643. The first-order valence-corrected chi connectivity index (χ1v) is 7.73. The van der Waals surface area contributed by atoms with Gasteiger partial charge < -0.3 is 9.80 Å². The highest BCUT2D eigenvalue weighted by atomic mass is 35.5. The molecule has 0 saturated carbocycles. The molecule has 0 bridgehead atoms. The lowest BCUT2D eigenvalue weighted by molar-refractivity contribution is 0.327. The van der Waals surface area contributed by atoms with E-state index >= 15 is 0 Å². The molecule has 1 saturated heterocycles. The quantitative estimate of drug-likeness (QED) is 0.798. The molecule has 0 aliphatic carbocycles. The van der Waals surface area contributed by atoms with E-state index in [-0.39, 0.29) is 0 Å². The molecular weight excluding hydrogens is 281 g/mol. The van der Waals surface area contributed by atoms with Crippen LogP contribution in [0.4, 0.5) is 5.82 Å². The Hall–Kier alpha value is -0.510. The third-order valence-electron chi connectivity index (χ3n) is 3.70. The molecule has 5 heteroatoms. The minimum absolute atomic E-state index is 0.358. The van der Waals surface area contributed by atoms with Gasteiger partial charge in [0.2, 0.25) is 0 Å². The molecule has 1 aliphatic rings. The van der Waals surface area contributed by atoms with Crippen molar-refractivity contribution in [3.05, 3.63) is 22.8 Å². The van der Waals surface area contributed by atoms with E-state index in [1.165, 1.54) is 0 Å². The van der Waals surface area contributed by atoms with Crippen molar-refractivity contribution in [2.24, 2.45) is 0 Å². The third-order valence-corrected chi connectivity index (χ3v) is 4.30. The van der Waals surface area contributed by atoms with E-state index in [0.29, 0.717) is 16.9 Å². The molecule has 1 atom stereocenters. The average Bonchev–Trinajstić information content (AvgIpc) is 2.60. The van der Waals surface area contributed by atoms with Gasteiger partial charge in [-0.2, -0.15) is 0 Å². The minimum Gasteiger partial charge on any atom is -0.352 e. The zero-order chi connectivity index (χ0) is 13.8. The smallest absolute Gasteiger partial charge is 0.129 e. The van der Waals surface area contributed by atoms with Crippen molar-refractivity contribution in [2.75, 3.05) is 31.6 Å². The van der Waals surface area contributed by atoms with Gasteiger partial charge in [0, 0.05) is 19.1 Å². The molecule has 1 fully saturated rings. The summed E-state index contributed by atoms with van der Waals surface area (Å²) >= 11 is 12.0. The van der Waals surface area contributed by atoms with Crippen LogP contribution < -0.4 is 4.90 Å². The van der Waals surface area contributed by atoms with Crippen molar-refractivity contribution in [1.29, 1.82) is 0 Å². The fourth-order valence-corrected chi connectivity index (χ4v) is 3.06. The molecule has 19 heavy (non-hydrogen) atoms. The number of anilines is 1. The molecule has 1 aromatic rings. The highest BCUT2D eigenvalue weighted by Crippen LogP contribution is 2.24. The summed E-state index contributed by atoms with van der Waals surface area (Å²) in [5, 5.41) is 0.652.